The number of carbonyl (C=O) groups excluding carboxylic acids is 1. The molecule has 2 fully saturated rings. The Balaban J connectivity index is 1.93. The van der Waals surface area contributed by atoms with Gasteiger partial charge in [-0.15, -0.1) is 0 Å². The number of nitrogens with zero attached hydrogens (tertiary/aromatic N) is 2. The number of rotatable bonds is 2. The van der Waals surface area contributed by atoms with Crippen LogP contribution in [0.15, 0.2) is 0 Å². The van der Waals surface area contributed by atoms with Gasteiger partial charge in [0.25, 0.3) is 0 Å². The van der Waals surface area contributed by atoms with E-state index < -0.39 is 5.97 Å². The third kappa shape index (κ3) is 3.69. The second-order valence-electron chi connectivity index (χ2n) is 5.88. The summed E-state index contributed by atoms with van der Waals surface area (Å²) in [6.45, 7) is 3.55. The summed E-state index contributed by atoms with van der Waals surface area (Å²) in [5.74, 6) is -0.954. The number of likely N-dealkylation sites (N-methyl/N-ethyl adjacent to an activating group) is 1. The van der Waals surface area contributed by atoms with Crippen molar-refractivity contribution in [1.82, 2.24) is 9.80 Å². The Morgan fingerprint density at radius 2 is 1.74 bits per heavy atom. The van der Waals surface area contributed by atoms with Crippen LogP contribution in [0.5, 0.6) is 0 Å². The van der Waals surface area contributed by atoms with Crippen molar-refractivity contribution in [3.8, 4) is 0 Å². The molecule has 19 heavy (non-hydrogen) atoms. The summed E-state index contributed by atoms with van der Waals surface area (Å²) in [6.07, 6.45) is 3.98. The molecule has 5 heteroatoms. The van der Waals surface area contributed by atoms with E-state index in [4.69, 9.17) is 5.11 Å². The van der Waals surface area contributed by atoms with Gasteiger partial charge in [0.05, 0.1) is 5.92 Å². The molecule has 2 aliphatic rings. The van der Waals surface area contributed by atoms with E-state index in [0.717, 1.165) is 51.9 Å². The Morgan fingerprint density at radius 3 is 2.47 bits per heavy atom. The fraction of sp³-hybridized carbons (Fsp3) is 0.857. The first-order chi connectivity index (χ1) is 9.08. The van der Waals surface area contributed by atoms with Gasteiger partial charge in [-0.25, -0.2) is 0 Å². The molecule has 5 nitrogen and oxygen atoms in total. The van der Waals surface area contributed by atoms with Crippen molar-refractivity contribution in [3.05, 3.63) is 0 Å². The second-order valence-corrected chi connectivity index (χ2v) is 5.88. The maximum Gasteiger partial charge on any atom is 0.306 e. The molecule has 1 amide bonds. The molecule has 2 rings (SSSR count). The second kappa shape index (κ2) is 6.37. The number of hydrogen-bond acceptors (Lipinski definition) is 3. The Bertz CT molecular complexity index is 346. The molecule has 108 valence electrons. The molecule has 0 aromatic rings. The molecule has 0 aromatic heterocycles. The minimum absolute atomic E-state index is 0.0711. The van der Waals surface area contributed by atoms with Gasteiger partial charge in [-0.05, 0) is 39.3 Å². The van der Waals surface area contributed by atoms with Crippen LogP contribution >= 0.6 is 0 Å². The van der Waals surface area contributed by atoms with E-state index in [1.54, 1.807) is 0 Å². The highest BCUT2D eigenvalue weighted by Crippen LogP contribution is 2.30. The molecule has 1 N–H and O–H groups in total. The standard InChI is InChI=1S/C14H24N2O3/c1-15-6-3-7-16(9-8-15)13(17)11-4-2-5-12(10-11)14(18)19/h11-12H,2-10H2,1H3,(H,18,19). The number of carbonyl (C=O) groups is 2. The number of carboxylic acid groups (broad SMARTS) is 1. The Labute approximate surface area is 114 Å². The van der Waals surface area contributed by atoms with E-state index in [0.29, 0.717) is 6.42 Å². The molecule has 1 heterocycles. The van der Waals surface area contributed by atoms with E-state index in [-0.39, 0.29) is 17.7 Å². The van der Waals surface area contributed by atoms with Crippen LogP contribution < -0.4 is 0 Å². The summed E-state index contributed by atoms with van der Waals surface area (Å²) in [5.41, 5.74) is 0. The maximum atomic E-state index is 12.5. The lowest BCUT2D eigenvalue weighted by Crippen LogP contribution is -2.40. The van der Waals surface area contributed by atoms with Gasteiger partial charge in [-0.3, -0.25) is 9.59 Å². The van der Waals surface area contributed by atoms with Crippen molar-refractivity contribution >= 4 is 11.9 Å². The molecule has 0 radical (unpaired) electrons. The van der Waals surface area contributed by atoms with Crippen LogP contribution in [0.4, 0.5) is 0 Å². The molecule has 1 saturated heterocycles. The minimum atomic E-state index is -0.743. The number of carboxylic acids is 1. The average molecular weight is 268 g/mol. The molecule has 0 aromatic carbocycles. The SMILES string of the molecule is CN1CCCN(C(=O)C2CCCC(C(=O)O)C2)CC1. The molecular weight excluding hydrogens is 244 g/mol. The monoisotopic (exact) mass is 268 g/mol. The van der Waals surface area contributed by atoms with E-state index in [1.165, 1.54) is 0 Å². The summed E-state index contributed by atoms with van der Waals surface area (Å²) >= 11 is 0. The van der Waals surface area contributed by atoms with Gasteiger partial charge in [0.1, 0.15) is 0 Å². The van der Waals surface area contributed by atoms with Gasteiger partial charge < -0.3 is 14.9 Å². The molecule has 1 aliphatic heterocycles. The van der Waals surface area contributed by atoms with Crippen molar-refractivity contribution in [1.29, 1.82) is 0 Å². The van der Waals surface area contributed by atoms with Crippen LogP contribution in [0.25, 0.3) is 0 Å². The molecule has 1 saturated carbocycles. The molecule has 1 aliphatic carbocycles. The highest BCUT2D eigenvalue weighted by Gasteiger charge is 2.33. The summed E-state index contributed by atoms with van der Waals surface area (Å²) in [4.78, 5) is 27.7. The lowest BCUT2D eigenvalue weighted by molar-refractivity contribution is -0.145. The predicted molar refractivity (Wildman–Crippen MR) is 71.8 cm³/mol. The van der Waals surface area contributed by atoms with Crippen LogP contribution in [-0.4, -0.2) is 60.0 Å². The highest BCUT2D eigenvalue weighted by atomic mass is 16.4. The maximum absolute atomic E-state index is 12.5. The molecule has 0 spiro atoms. The smallest absolute Gasteiger partial charge is 0.306 e. The normalized spacial score (nSPS) is 29.8. The average Bonchev–Trinajstić information content (AvgIpc) is 2.63. The number of amides is 1. The zero-order valence-corrected chi connectivity index (χ0v) is 11.7. The Hall–Kier alpha value is -1.10. The van der Waals surface area contributed by atoms with Crippen molar-refractivity contribution in [2.24, 2.45) is 11.8 Å². The fourth-order valence-corrected chi connectivity index (χ4v) is 3.16. The van der Waals surface area contributed by atoms with Gasteiger partial charge in [-0.2, -0.15) is 0 Å². The predicted octanol–water partition coefficient (Wildman–Crippen LogP) is 1.04. The summed E-state index contributed by atoms with van der Waals surface area (Å²) in [7, 11) is 2.08. The van der Waals surface area contributed by atoms with Crippen molar-refractivity contribution in [2.45, 2.75) is 32.1 Å². The van der Waals surface area contributed by atoms with Gasteiger partial charge >= 0.3 is 5.97 Å². The first-order valence-electron chi connectivity index (χ1n) is 7.28. The first-order valence-corrected chi connectivity index (χ1v) is 7.28. The molecular formula is C14H24N2O3. The van der Waals surface area contributed by atoms with E-state index in [1.807, 2.05) is 4.90 Å². The van der Waals surface area contributed by atoms with Gasteiger partial charge in [-0.1, -0.05) is 6.42 Å². The fourth-order valence-electron chi connectivity index (χ4n) is 3.16. The topological polar surface area (TPSA) is 60.9 Å². The van der Waals surface area contributed by atoms with Crippen LogP contribution in [0.2, 0.25) is 0 Å². The van der Waals surface area contributed by atoms with E-state index in [9.17, 15) is 9.59 Å². The molecule has 0 bridgehead atoms. The third-order valence-electron chi connectivity index (χ3n) is 4.40. The van der Waals surface area contributed by atoms with Crippen molar-refractivity contribution in [2.75, 3.05) is 33.2 Å². The van der Waals surface area contributed by atoms with Gasteiger partial charge in [0.2, 0.25) is 5.91 Å². The minimum Gasteiger partial charge on any atom is -0.481 e. The Morgan fingerprint density at radius 1 is 1.00 bits per heavy atom. The van der Waals surface area contributed by atoms with Crippen molar-refractivity contribution < 1.29 is 14.7 Å². The van der Waals surface area contributed by atoms with Crippen LogP contribution in [0.1, 0.15) is 32.1 Å². The highest BCUT2D eigenvalue weighted by molar-refractivity contribution is 5.80. The summed E-state index contributed by atoms with van der Waals surface area (Å²) in [5, 5.41) is 9.10. The van der Waals surface area contributed by atoms with E-state index >= 15 is 0 Å². The van der Waals surface area contributed by atoms with Crippen molar-refractivity contribution in [3.63, 3.8) is 0 Å². The molecule has 2 unspecified atom stereocenters. The lowest BCUT2D eigenvalue weighted by Gasteiger charge is -2.30. The summed E-state index contributed by atoms with van der Waals surface area (Å²) in [6, 6.07) is 0. The van der Waals surface area contributed by atoms with Crippen LogP contribution in [0.3, 0.4) is 0 Å². The quantitative estimate of drug-likeness (QED) is 0.813. The van der Waals surface area contributed by atoms with Gasteiger partial charge in [0.15, 0.2) is 0 Å². The zero-order chi connectivity index (χ0) is 13.8. The number of aliphatic carboxylic acids is 1. The largest absolute Gasteiger partial charge is 0.481 e. The number of hydrogen-bond donors (Lipinski definition) is 1. The third-order valence-corrected chi connectivity index (χ3v) is 4.40. The van der Waals surface area contributed by atoms with Crippen LogP contribution in [-0.2, 0) is 9.59 Å². The first kappa shape index (κ1) is 14.3. The molecule has 2 atom stereocenters. The van der Waals surface area contributed by atoms with Gasteiger partial charge in [0, 0.05) is 25.6 Å². The lowest BCUT2D eigenvalue weighted by atomic mass is 9.80. The zero-order valence-electron chi connectivity index (χ0n) is 11.7. The summed E-state index contributed by atoms with van der Waals surface area (Å²) < 4.78 is 0. The van der Waals surface area contributed by atoms with Crippen LogP contribution in [0, 0.1) is 11.8 Å². The van der Waals surface area contributed by atoms with E-state index in [2.05, 4.69) is 11.9 Å². The Kier molecular flexibility index (Phi) is 4.80.